The van der Waals surface area contributed by atoms with Crippen LogP contribution >= 0.6 is 0 Å². The average Bonchev–Trinajstić information content (AvgIpc) is 2.61. The Morgan fingerprint density at radius 2 is 2.14 bits per heavy atom. The fraction of sp³-hybridized carbons (Fsp3) is 1.00. The van der Waals surface area contributed by atoms with Crippen molar-refractivity contribution in [3.63, 3.8) is 0 Å². The predicted octanol–water partition coefficient (Wildman–Crippen LogP) is 1.52. The molecular weight excluding hydrogens is 178 g/mol. The Kier molecular flexibility index (Phi) is 6.15. The lowest BCUT2D eigenvalue weighted by atomic mass is 10.3. The van der Waals surface area contributed by atoms with Crippen molar-refractivity contribution in [2.24, 2.45) is 0 Å². The first-order valence-corrected chi connectivity index (χ1v) is 5.78. The van der Waals surface area contributed by atoms with Gasteiger partial charge in [0.25, 0.3) is 0 Å². The first-order valence-electron chi connectivity index (χ1n) is 5.78. The van der Waals surface area contributed by atoms with Gasteiger partial charge < -0.3 is 9.47 Å². The lowest BCUT2D eigenvalue weighted by Crippen LogP contribution is -2.27. The first-order chi connectivity index (χ1) is 6.86. The fourth-order valence-electron chi connectivity index (χ4n) is 1.81. The third-order valence-electron chi connectivity index (χ3n) is 2.53. The van der Waals surface area contributed by atoms with Gasteiger partial charge in [-0.05, 0) is 19.8 Å². The molecule has 0 aromatic heterocycles. The molecule has 1 rings (SSSR count). The number of nitrogens with zero attached hydrogens (tertiary/aromatic N) is 1. The topological polar surface area (TPSA) is 21.7 Å². The largest absolute Gasteiger partial charge is 0.380 e. The number of hydrogen-bond donors (Lipinski definition) is 0. The van der Waals surface area contributed by atoms with Gasteiger partial charge in [0.1, 0.15) is 0 Å². The first kappa shape index (κ1) is 12.0. The van der Waals surface area contributed by atoms with Crippen LogP contribution in [0.25, 0.3) is 0 Å². The Morgan fingerprint density at radius 3 is 2.86 bits per heavy atom. The minimum absolute atomic E-state index is 0.464. The van der Waals surface area contributed by atoms with Crippen LogP contribution < -0.4 is 0 Å². The second-order valence-corrected chi connectivity index (χ2v) is 3.78. The standard InChI is InChI=1S/C11H23NO2/c1-3-8-13-9-7-12-6-5-11(10-12)14-4-2/h11H,3-10H2,1-2H3. The van der Waals surface area contributed by atoms with Crippen LogP contribution in [0.4, 0.5) is 0 Å². The minimum Gasteiger partial charge on any atom is -0.380 e. The summed E-state index contributed by atoms with van der Waals surface area (Å²) < 4.78 is 11.0. The van der Waals surface area contributed by atoms with Crippen LogP contribution in [0.1, 0.15) is 26.7 Å². The van der Waals surface area contributed by atoms with Crippen molar-refractivity contribution in [3.8, 4) is 0 Å². The maximum atomic E-state index is 5.58. The van der Waals surface area contributed by atoms with Crippen molar-refractivity contribution >= 4 is 0 Å². The van der Waals surface area contributed by atoms with Gasteiger partial charge >= 0.3 is 0 Å². The van der Waals surface area contributed by atoms with Crippen LogP contribution in [-0.4, -0.2) is 50.5 Å². The van der Waals surface area contributed by atoms with Crippen LogP contribution in [0.15, 0.2) is 0 Å². The molecule has 0 saturated carbocycles. The fourth-order valence-corrected chi connectivity index (χ4v) is 1.81. The van der Waals surface area contributed by atoms with Crippen molar-refractivity contribution in [1.29, 1.82) is 0 Å². The van der Waals surface area contributed by atoms with E-state index in [0.717, 1.165) is 39.3 Å². The molecule has 0 aliphatic carbocycles. The van der Waals surface area contributed by atoms with E-state index >= 15 is 0 Å². The summed E-state index contributed by atoms with van der Waals surface area (Å²) in [5, 5.41) is 0. The van der Waals surface area contributed by atoms with Crippen LogP contribution in [0, 0.1) is 0 Å². The van der Waals surface area contributed by atoms with E-state index in [1.165, 1.54) is 13.0 Å². The maximum Gasteiger partial charge on any atom is 0.0714 e. The zero-order valence-electron chi connectivity index (χ0n) is 9.50. The molecule has 1 aliphatic rings. The zero-order chi connectivity index (χ0) is 10.2. The monoisotopic (exact) mass is 201 g/mol. The Labute approximate surface area is 87.4 Å². The Hall–Kier alpha value is -0.120. The van der Waals surface area contributed by atoms with E-state index < -0.39 is 0 Å². The lowest BCUT2D eigenvalue weighted by molar-refractivity contribution is 0.0626. The Morgan fingerprint density at radius 1 is 1.29 bits per heavy atom. The normalized spacial score (nSPS) is 23.1. The molecule has 1 fully saturated rings. The SMILES string of the molecule is CCCOCCN1CCC(OCC)C1. The van der Waals surface area contributed by atoms with Gasteiger partial charge in [-0.25, -0.2) is 0 Å². The summed E-state index contributed by atoms with van der Waals surface area (Å²) in [6.07, 6.45) is 2.76. The summed E-state index contributed by atoms with van der Waals surface area (Å²) in [4.78, 5) is 2.43. The summed E-state index contributed by atoms with van der Waals surface area (Å²) in [6.45, 7) is 10.1. The molecule has 14 heavy (non-hydrogen) atoms. The van der Waals surface area contributed by atoms with E-state index in [-0.39, 0.29) is 0 Å². The highest BCUT2D eigenvalue weighted by Gasteiger charge is 2.21. The predicted molar refractivity (Wildman–Crippen MR) is 57.6 cm³/mol. The van der Waals surface area contributed by atoms with E-state index in [2.05, 4.69) is 18.7 Å². The Balaban J connectivity index is 1.98. The molecule has 3 heteroatoms. The van der Waals surface area contributed by atoms with E-state index in [1.807, 2.05) is 0 Å². The summed E-state index contributed by atoms with van der Waals surface area (Å²) >= 11 is 0. The van der Waals surface area contributed by atoms with Crippen LogP contribution in [0.5, 0.6) is 0 Å². The molecule has 1 unspecified atom stereocenters. The van der Waals surface area contributed by atoms with Gasteiger partial charge in [-0.15, -0.1) is 0 Å². The molecule has 1 saturated heterocycles. The van der Waals surface area contributed by atoms with E-state index in [4.69, 9.17) is 9.47 Å². The Bertz CT molecular complexity index is 141. The van der Waals surface area contributed by atoms with Crippen LogP contribution in [-0.2, 0) is 9.47 Å². The van der Waals surface area contributed by atoms with Crippen molar-refractivity contribution < 1.29 is 9.47 Å². The van der Waals surface area contributed by atoms with Gasteiger partial charge in [0.05, 0.1) is 12.7 Å². The summed E-state index contributed by atoms with van der Waals surface area (Å²) in [7, 11) is 0. The molecule has 0 amide bonds. The number of ether oxygens (including phenoxy) is 2. The van der Waals surface area contributed by atoms with Crippen molar-refractivity contribution in [2.45, 2.75) is 32.8 Å². The quantitative estimate of drug-likeness (QED) is 0.583. The van der Waals surface area contributed by atoms with Gasteiger partial charge in [0, 0.05) is 32.8 Å². The molecule has 3 nitrogen and oxygen atoms in total. The van der Waals surface area contributed by atoms with Crippen molar-refractivity contribution in [3.05, 3.63) is 0 Å². The van der Waals surface area contributed by atoms with Gasteiger partial charge in [-0.3, -0.25) is 4.90 Å². The smallest absolute Gasteiger partial charge is 0.0714 e. The van der Waals surface area contributed by atoms with Crippen LogP contribution in [0.3, 0.4) is 0 Å². The molecule has 84 valence electrons. The third kappa shape index (κ3) is 4.40. The van der Waals surface area contributed by atoms with E-state index in [1.54, 1.807) is 0 Å². The van der Waals surface area contributed by atoms with Crippen LogP contribution in [0.2, 0.25) is 0 Å². The van der Waals surface area contributed by atoms with Gasteiger partial charge in [0.2, 0.25) is 0 Å². The second kappa shape index (κ2) is 7.21. The molecular formula is C11H23NO2. The van der Waals surface area contributed by atoms with Gasteiger partial charge in [-0.1, -0.05) is 6.92 Å². The lowest BCUT2D eigenvalue weighted by Gasteiger charge is -2.15. The summed E-state index contributed by atoms with van der Waals surface area (Å²) in [5.74, 6) is 0. The number of likely N-dealkylation sites (tertiary alicyclic amines) is 1. The molecule has 0 spiro atoms. The number of hydrogen-bond acceptors (Lipinski definition) is 3. The summed E-state index contributed by atoms with van der Waals surface area (Å²) in [6, 6.07) is 0. The van der Waals surface area contributed by atoms with Crippen molar-refractivity contribution in [1.82, 2.24) is 4.90 Å². The highest BCUT2D eigenvalue weighted by atomic mass is 16.5. The average molecular weight is 201 g/mol. The second-order valence-electron chi connectivity index (χ2n) is 3.78. The molecule has 0 N–H and O–H groups in total. The highest BCUT2D eigenvalue weighted by Crippen LogP contribution is 2.11. The maximum absolute atomic E-state index is 5.58. The molecule has 0 bridgehead atoms. The molecule has 1 heterocycles. The summed E-state index contributed by atoms with van der Waals surface area (Å²) in [5.41, 5.74) is 0. The van der Waals surface area contributed by atoms with Gasteiger partial charge in [0.15, 0.2) is 0 Å². The number of rotatable bonds is 7. The minimum atomic E-state index is 0.464. The molecule has 0 aromatic carbocycles. The zero-order valence-corrected chi connectivity index (χ0v) is 9.50. The molecule has 0 radical (unpaired) electrons. The molecule has 0 aromatic rings. The third-order valence-corrected chi connectivity index (χ3v) is 2.53. The molecule has 1 atom stereocenters. The molecule has 1 aliphatic heterocycles. The van der Waals surface area contributed by atoms with Crippen molar-refractivity contribution in [2.75, 3.05) is 39.5 Å². The van der Waals surface area contributed by atoms with E-state index in [9.17, 15) is 0 Å². The van der Waals surface area contributed by atoms with E-state index in [0.29, 0.717) is 6.10 Å². The van der Waals surface area contributed by atoms with Gasteiger partial charge in [-0.2, -0.15) is 0 Å². The highest BCUT2D eigenvalue weighted by molar-refractivity contribution is 4.75.